The van der Waals surface area contributed by atoms with Gasteiger partial charge in [0, 0.05) is 6.61 Å². The second-order valence-electron chi connectivity index (χ2n) is 9.53. The van der Waals surface area contributed by atoms with Gasteiger partial charge in [0.25, 0.3) is 0 Å². The molecule has 0 aliphatic rings. The highest BCUT2D eigenvalue weighted by molar-refractivity contribution is 6.79. The Labute approximate surface area is 180 Å². The molecule has 0 heterocycles. The Bertz CT molecular complexity index is 266. The number of aliphatic hydroxyl groups excluding tert-OH is 1. The summed E-state index contributed by atoms with van der Waals surface area (Å²) in [5, 5.41) is 8.84. The number of hydrogen-bond donors (Lipinski definition) is 1. The van der Waals surface area contributed by atoms with Crippen molar-refractivity contribution in [1.82, 2.24) is 0 Å². The third-order valence-electron chi connectivity index (χ3n) is 6.80. The first-order valence-corrected chi connectivity index (χ1v) is 16.2. The van der Waals surface area contributed by atoms with E-state index >= 15 is 0 Å². The summed E-state index contributed by atoms with van der Waals surface area (Å²) < 4.78 is 0. The monoisotopic (exact) mass is 412 g/mol. The molecule has 0 fully saturated rings. The highest BCUT2D eigenvalue weighted by Gasteiger charge is 2.30. The van der Waals surface area contributed by atoms with E-state index in [-0.39, 0.29) is 0 Å². The molecule has 0 amide bonds. The SMILES string of the molecule is CCCCC[Si](CCCCC)(CCCCC)CCCCCCCCCCCO. The van der Waals surface area contributed by atoms with E-state index in [4.69, 9.17) is 5.11 Å². The van der Waals surface area contributed by atoms with Gasteiger partial charge in [-0.1, -0.05) is 154 Å². The lowest BCUT2D eigenvalue weighted by Crippen LogP contribution is -2.33. The Morgan fingerprint density at radius 3 is 1.00 bits per heavy atom. The molecule has 0 spiro atoms. The van der Waals surface area contributed by atoms with Gasteiger partial charge in [0.15, 0.2) is 0 Å². The van der Waals surface area contributed by atoms with E-state index in [1.807, 2.05) is 0 Å². The van der Waals surface area contributed by atoms with Gasteiger partial charge in [-0.2, -0.15) is 0 Å². The van der Waals surface area contributed by atoms with Crippen molar-refractivity contribution in [2.75, 3.05) is 6.61 Å². The first-order chi connectivity index (χ1) is 13.7. The maximum absolute atomic E-state index is 8.84. The summed E-state index contributed by atoms with van der Waals surface area (Å²) in [5.41, 5.74) is 0. The number of rotatable bonds is 23. The Kier molecular flexibility index (Phi) is 22.0. The second-order valence-corrected chi connectivity index (χ2v) is 14.5. The van der Waals surface area contributed by atoms with Gasteiger partial charge >= 0.3 is 0 Å². The van der Waals surface area contributed by atoms with Crippen molar-refractivity contribution in [2.45, 2.75) is 161 Å². The van der Waals surface area contributed by atoms with Crippen LogP contribution in [0.5, 0.6) is 0 Å². The van der Waals surface area contributed by atoms with E-state index < -0.39 is 8.07 Å². The van der Waals surface area contributed by atoms with Gasteiger partial charge in [-0.15, -0.1) is 0 Å². The van der Waals surface area contributed by atoms with Crippen LogP contribution in [0.4, 0.5) is 0 Å². The smallest absolute Gasteiger partial charge is 0.0535 e. The molecule has 0 unspecified atom stereocenters. The fraction of sp³-hybridized carbons (Fsp3) is 1.00. The molecule has 0 aromatic heterocycles. The van der Waals surface area contributed by atoms with Gasteiger partial charge in [0.1, 0.15) is 0 Å². The molecule has 0 aromatic rings. The van der Waals surface area contributed by atoms with Crippen molar-refractivity contribution in [2.24, 2.45) is 0 Å². The fourth-order valence-corrected chi connectivity index (χ4v) is 10.3. The molecular weight excluding hydrogens is 356 g/mol. The molecule has 0 atom stereocenters. The van der Waals surface area contributed by atoms with E-state index in [0.717, 1.165) is 6.42 Å². The van der Waals surface area contributed by atoms with Crippen LogP contribution in [-0.4, -0.2) is 19.8 Å². The highest BCUT2D eigenvalue weighted by Crippen LogP contribution is 2.34. The lowest BCUT2D eigenvalue weighted by molar-refractivity contribution is 0.282. The van der Waals surface area contributed by atoms with Crippen molar-refractivity contribution in [3.05, 3.63) is 0 Å². The van der Waals surface area contributed by atoms with Crippen molar-refractivity contribution < 1.29 is 5.11 Å². The molecular formula is C26H56OSi. The van der Waals surface area contributed by atoms with Gasteiger partial charge < -0.3 is 5.11 Å². The molecule has 0 aliphatic heterocycles. The molecule has 0 aromatic carbocycles. The van der Waals surface area contributed by atoms with Crippen LogP contribution in [0.1, 0.15) is 136 Å². The summed E-state index contributed by atoms with van der Waals surface area (Å²) in [5.74, 6) is 0. The molecule has 170 valence electrons. The zero-order valence-corrected chi connectivity index (χ0v) is 21.2. The van der Waals surface area contributed by atoms with Crippen molar-refractivity contribution in [3.63, 3.8) is 0 Å². The Morgan fingerprint density at radius 2 is 0.679 bits per heavy atom. The Balaban J connectivity index is 4.26. The van der Waals surface area contributed by atoms with Crippen LogP contribution in [0.2, 0.25) is 24.2 Å². The van der Waals surface area contributed by atoms with Crippen LogP contribution < -0.4 is 0 Å². The minimum absolute atomic E-state index is 0.375. The lowest BCUT2D eigenvalue weighted by Gasteiger charge is -2.33. The number of aliphatic hydroxyl groups is 1. The normalized spacial score (nSPS) is 12.0. The maximum atomic E-state index is 8.84. The van der Waals surface area contributed by atoms with E-state index in [9.17, 15) is 0 Å². The largest absolute Gasteiger partial charge is 0.396 e. The molecule has 0 radical (unpaired) electrons. The van der Waals surface area contributed by atoms with Gasteiger partial charge in [-0.25, -0.2) is 0 Å². The standard InChI is InChI=1S/C26H56OSi/c1-4-7-18-23-28(24-19-8-5-2,25-20-9-6-3)26-21-16-14-12-10-11-13-15-17-22-27/h27H,4-26H2,1-3H3. The van der Waals surface area contributed by atoms with Gasteiger partial charge in [-0.3, -0.25) is 0 Å². The second kappa shape index (κ2) is 21.9. The predicted molar refractivity (Wildman–Crippen MR) is 132 cm³/mol. The fourth-order valence-electron chi connectivity index (χ4n) is 4.85. The summed E-state index contributed by atoms with van der Waals surface area (Å²) in [6, 6.07) is 6.55. The summed E-state index contributed by atoms with van der Waals surface area (Å²) in [4.78, 5) is 0. The van der Waals surface area contributed by atoms with Crippen LogP contribution in [0.15, 0.2) is 0 Å². The topological polar surface area (TPSA) is 20.2 Å². The van der Waals surface area contributed by atoms with E-state index in [2.05, 4.69) is 20.8 Å². The van der Waals surface area contributed by atoms with Crippen LogP contribution in [0, 0.1) is 0 Å². The highest BCUT2D eigenvalue weighted by atomic mass is 28.3. The predicted octanol–water partition coefficient (Wildman–Crippen LogP) is 9.51. The van der Waals surface area contributed by atoms with E-state index in [0.29, 0.717) is 6.61 Å². The van der Waals surface area contributed by atoms with Crippen LogP contribution >= 0.6 is 0 Å². The molecule has 0 bridgehead atoms. The van der Waals surface area contributed by atoms with E-state index in [1.54, 1.807) is 24.2 Å². The molecule has 0 aliphatic carbocycles. The first-order valence-electron chi connectivity index (χ1n) is 13.4. The average molecular weight is 413 g/mol. The van der Waals surface area contributed by atoms with Crippen molar-refractivity contribution in [1.29, 1.82) is 0 Å². The molecule has 0 rings (SSSR count). The lowest BCUT2D eigenvalue weighted by atomic mass is 10.1. The molecule has 1 N–H and O–H groups in total. The Hall–Kier alpha value is 0.177. The molecule has 28 heavy (non-hydrogen) atoms. The molecule has 2 heteroatoms. The summed E-state index contributed by atoms with van der Waals surface area (Å²) >= 11 is 0. The van der Waals surface area contributed by atoms with Crippen LogP contribution in [0.25, 0.3) is 0 Å². The van der Waals surface area contributed by atoms with Gasteiger partial charge in [0.2, 0.25) is 0 Å². The number of unbranched alkanes of at least 4 members (excludes halogenated alkanes) is 14. The molecule has 0 saturated carbocycles. The van der Waals surface area contributed by atoms with Crippen LogP contribution in [0.3, 0.4) is 0 Å². The number of hydrogen-bond acceptors (Lipinski definition) is 1. The van der Waals surface area contributed by atoms with Gasteiger partial charge in [0.05, 0.1) is 8.07 Å². The zero-order chi connectivity index (χ0) is 20.8. The summed E-state index contributed by atoms with van der Waals surface area (Å²) in [7, 11) is -1.02. The quantitative estimate of drug-likeness (QED) is 0.131. The minimum atomic E-state index is -1.02. The Morgan fingerprint density at radius 1 is 0.393 bits per heavy atom. The van der Waals surface area contributed by atoms with Crippen molar-refractivity contribution in [3.8, 4) is 0 Å². The van der Waals surface area contributed by atoms with Crippen LogP contribution in [-0.2, 0) is 0 Å². The van der Waals surface area contributed by atoms with Crippen molar-refractivity contribution >= 4 is 8.07 Å². The average Bonchev–Trinajstić information content (AvgIpc) is 2.70. The van der Waals surface area contributed by atoms with E-state index in [1.165, 1.54) is 109 Å². The summed E-state index contributed by atoms with van der Waals surface area (Å²) in [6.07, 6.45) is 25.4. The van der Waals surface area contributed by atoms with Gasteiger partial charge in [-0.05, 0) is 6.42 Å². The minimum Gasteiger partial charge on any atom is -0.396 e. The third kappa shape index (κ3) is 17.1. The molecule has 1 nitrogen and oxygen atoms in total. The first kappa shape index (κ1) is 28.2. The summed E-state index contributed by atoms with van der Waals surface area (Å²) in [6.45, 7) is 7.46. The maximum Gasteiger partial charge on any atom is 0.0535 e. The molecule has 0 saturated heterocycles. The third-order valence-corrected chi connectivity index (χ3v) is 12.5. The zero-order valence-electron chi connectivity index (χ0n) is 20.2.